The maximum atomic E-state index is 9.69. The lowest BCUT2D eigenvalue weighted by molar-refractivity contribution is 0.474. The zero-order valence-corrected chi connectivity index (χ0v) is 15.9. The van der Waals surface area contributed by atoms with Gasteiger partial charge >= 0.3 is 0 Å². The van der Waals surface area contributed by atoms with Crippen LogP contribution < -0.4 is 0 Å². The van der Waals surface area contributed by atoms with E-state index < -0.39 is 0 Å². The maximum Gasteiger partial charge on any atom is 0.124 e. The molecule has 0 aliphatic rings. The Labute approximate surface area is 163 Å². The first-order valence-corrected chi connectivity index (χ1v) is 9.28. The number of benzene rings is 2. The van der Waals surface area contributed by atoms with Gasteiger partial charge in [0.1, 0.15) is 11.5 Å². The standard InChI is InChI=1S/C20H22Cl2N2O2/c21-17-5-7-19(25)15(11-17)13-23-9-3-1-2-4-10-24-14-16-12-18(22)6-8-20(16)26/h5-8,11-14,25-26H,1-4,9-10H2. The molecule has 0 atom stereocenters. The summed E-state index contributed by atoms with van der Waals surface area (Å²) >= 11 is 11.8. The second-order valence-electron chi connectivity index (χ2n) is 5.89. The van der Waals surface area contributed by atoms with Crippen LogP contribution in [0.2, 0.25) is 10.0 Å². The summed E-state index contributed by atoms with van der Waals surface area (Å²) in [6, 6.07) is 9.79. The predicted octanol–water partition coefficient (Wildman–Crippen LogP) is 5.50. The van der Waals surface area contributed by atoms with E-state index in [0.29, 0.717) is 34.3 Å². The van der Waals surface area contributed by atoms with Crippen molar-refractivity contribution in [2.75, 3.05) is 13.1 Å². The quantitative estimate of drug-likeness (QED) is 0.436. The van der Waals surface area contributed by atoms with Crippen molar-refractivity contribution in [2.24, 2.45) is 9.98 Å². The molecule has 0 aliphatic heterocycles. The highest BCUT2D eigenvalue weighted by Gasteiger charge is 1.99. The summed E-state index contributed by atoms with van der Waals surface area (Å²) in [4.78, 5) is 8.64. The summed E-state index contributed by atoms with van der Waals surface area (Å²) in [5.74, 6) is 0.364. The van der Waals surface area contributed by atoms with E-state index in [2.05, 4.69) is 9.98 Å². The molecular weight excluding hydrogens is 371 g/mol. The number of halogens is 2. The molecule has 0 unspecified atom stereocenters. The fourth-order valence-electron chi connectivity index (χ4n) is 2.34. The third-order valence-electron chi connectivity index (χ3n) is 3.76. The van der Waals surface area contributed by atoms with Gasteiger partial charge in [-0.05, 0) is 49.2 Å². The van der Waals surface area contributed by atoms with Crippen LogP contribution in [0.3, 0.4) is 0 Å². The van der Waals surface area contributed by atoms with Gasteiger partial charge in [0, 0.05) is 46.7 Å². The van der Waals surface area contributed by atoms with Gasteiger partial charge in [0.05, 0.1) is 0 Å². The first kappa shape index (κ1) is 20.3. The van der Waals surface area contributed by atoms with E-state index >= 15 is 0 Å². The summed E-state index contributed by atoms with van der Waals surface area (Å²) in [6.45, 7) is 1.43. The molecule has 0 aromatic heterocycles. The van der Waals surface area contributed by atoms with Crippen molar-refractivity contribution in [1.82, 2.24) is 0 Å². The molecule has 0 fully saturated rings. The molecule has 0 heterocycles. The van der Waals surface area contributed by atoms with Crippen molar-refractivity contribution in [3.63, 3.8) is 0 Å². The highest BCUT2D eigenvalue weighted by Crippen LogP contribution is 2.20. The summed E-state index contributed by atoms with van der Waals surface area (Å²) in [6.07, 6.45) is 7.41. The van der Waals surface area contributed by atoms with Crippen LogP contribution in [0.5, 0.6) is 11.5 Å². The van der Waals surface area contributed by atoms with Gasteiger partial charge in [-0.3, -0.25) is 9.98 Å². The number of hydrogen-bond acceptors (Lipinski definition) is 4. The summed E-state index contributed by atoms with van der Waals surface area (Å²) in [7, 11) is 0. The zero-order chi connectivity index (χ0) is 18.8. The van der Waals surface area contributed by atoms with E-state index in [1.165, 1.54) is 0 Å². The van der Waals surface area contributed by atoms with Crippen LogP contribution in [0.4, 0.5) is 0 Å². The minimum absolute atomic E-state index is 0.182. The molecular formula is C20H22Cl2N2O2. The average molecular weight is 393 g/mol. The Bertz CT molecular complexity index is 711. The Morgan fingerprint density at radius 2 is 1.12 bits per heavy atom. The Kier molecular flexibility index (Phi) is 8.45. The molecule has 2 rings (SSSR count). The molecule has 0 spiro atoms. The molecule has 2 aromatic rings. The van der Waals surface area contributed by atoms with Gasteiger partial charge in [0.25, 0.3) is 0 Å². The van der Waals surface area contributed by atoms with E-state index in [9.17, 15) is 10.2 Å². The Morgan fingerprint density at radius 1 is 0.692 bits per heavy atom. The molecule has 26 heavy (non-hydrogen) atoms. The smallest absolute Gasteiger partial charge is 0.124 e. The van der Waals surface area contributed by atoms with Crippen LogP contribution in [-0.2, 0) is 0 Å². The first-order chi connectivity index (χ1) is 12.6. The van der Waals surface area contributed by atoms with Gasteiger partial charge < -0.3 is 10.2 Å². The van der Waals surface area contributed by atoms with Crippen LogP contribution in [0.15, 0.2) is 46.4 Å². The van der Waals surface area contributed by atoms with Gasteiger partial charge in [0.15, 0.2) is 0 Å². The molecule has 0 bridgehead atoms. The molecule has 2 N–H and O–H groups in total. The van der Waals surface area contributed by atoms with Crippen molar-refractivity contribution in [3.05, 3.63) is 57.6 Å². The van der Waals surface area contributed by atoms with Crippen molar-refractivity contribution >= 4 is 35.6 Å². The molecule has 0 aliphatic carbocycles. The molecule has 2 aromatic carbocycles. The molecule has 0 radical (unpaired) electrons. The van der Waals surface area contributed by atoms with Crippen molar-refractivity contribution in [2.45, 2.75) is 25.7 Å². The number of aromatic hydroxyl groups is 2. The molecule has 138 valence electrons. The Balaban J connectivity index is 1.59. The third-order valence-corrected chi connectivity index (χ3v) is 4.23. The fourth-order valence-corrected chi connectivity index (χ4v) is 2.70. The van der Waals surface area contributed by atoms with Crippen molar-refractivity contribution in [3.8, 4) is 11.5 Å². The minimum atomic E-state index is 0.182. The van der Waals surface area contributed by atoms with Gasteiger partial charge in [-0.25, -0.2) is 0 Å². The van der Waals surface area contributed by atoms with Crippen LogP contribution >= 0.6 is 23.2 Å². The van der Waals surface area contributed by atoms with Crippen molar-refractivity contribution < 1.29 is 10.2 Å². The Hall–Kier alpha value is -2.04. The second kappa shape index (κ2) is 10.8. The second-order valence-corrected chi connectivity index (χ2v) is 6.76. The molecule has 0 amide bonds. The van der Waals surface area contributed by atoms with Gasteiger partial charge in [0.2, 0.25) is 0 Å². The molecule has 0 saturated heterocycles. The number of phenolic OH excluding ortho intramolecular Hbond substituents is 2. The highest BCUT2D eigenvalue weighted by molar-refractivity contribution is 6.31. The molecule has 6 heteroatoms. The summed E-state index contributed by atoms with van der Waals surface area (Å²) in [5.41, 5.74) is 1.27. The van der Waals surface area contributed by atoms with Gasteiger partial charge in [-0.2, -0.15) is 0 Å². The monoisotopic (exact) mass is 392 g/mol. The number of rotatable bonds is 9. The van der Waals surface area contributed by atoms with Gasteiger partial charge in [-0.15, -0.1) is 0 Å². The van der Waals surface area contributed by atoms with E-state index in [1.807, 2.05) is 0 Å². The number of nitrogens with zero attached hydrogens (tertiary/aromatic N) is 2. The third kappa shape index (κ3) is 7.06. The zero-order valence-electron chi connectivity index (χ0n) is 14.4. The van der Waals surface area contributed by atoms with Gasteiger partial charge in [-0.1, -0.05) is 36.0 Å². The lowest BCUT2D eigenvalue weighted by Gasteiger charge is -2.00. The summed E-state index contributed by atoms with van der Waals surface area (Å²) < 4.78 is 0. The minimum Gasteiger partial charge on any atom is -0.507 e. The van der Waals surface area contributed by atoms with Crippen molar-refractivity contribution in [1.29, 1.82) is 0 Å². The van der Waals surface area contributed by atoms with Crippen LogP contribution in [0.25, 0.3) is 0 Å². The van der Waals surface area contributed by atoms with E-state index in [0.717, 1.165) is 25.7 Å². The van der Waals surface area contributed by atoms with E-state index in [-0.39, 0.29) is 11.5 Å². The van der Waals surface area contributed by atoms with Crippen LogP contribution in [0.1, 0.15) is 36.8 Å². The molecule has 0 saturated carbocycles. The largest absolute Gasteiger partial charge is 0.507 e. The SMILES string of the molecule is Oc1ccc(Cl)cc1C=NCCCCCCN=Cc1cc(Cl)ccc1O. The Morgan fingerprint density at radius 3 is 1.54 bits per heavy atom. The lowest BCUT2D eigenvalue weighted by Crippen LogP contribution is -1.89. The number of phenols is 2. The summed E-state index contributed by atoms with van der Waals surface area (Å²) in [5, 5.41) is 20.5. The normalized spacial score (nSPS) is 11.6. The number of aliphatic imine (C=N–C) groups is 2. The van der Waals surface area contributed by atoms with Crippen LogP contribution in [-0.4, -0.2) is 35.7 Å². The molecule has 4 nitrogen and oxygen atoms in total. The number of unbranched alkanes of at least 4 members (excludes halogenated alkanes) is 3. The first-order valence-electron chi connectivity index (χ1n) is 8.53. The number of hydrogen-bond donors (Lipinski definition) is 2. The fraction of sp³-hybridized carbons (Fsp3) is 0.300. The lowest BCUT2D eigenvalue weighted by atomic mass is 10.2. The topological polar surface area (TPSA) is 65.2 Å². The highest BCUT2D eigenvalue weighted by atomic mass is 35.5. The van der Waals surface area contributed by atoms with E-state index in [4.69, 9.17) is 23.2 Å². The van der Waals surface area contributed by atoms with Crippen LogP contribution in [0, 0.1) is 0 Å². The van der Waals surface area contributed by atoms with E-state index in [1.54, 1.807) is 48.8 Å². The predicted molar refractivity (Wildman–Crippen MR) is 110 cm³/mol. The average Bonchev–Trinajstić information content (AvgIpc) is 2.62. The maximum absolute atomic E-state index is 9.69.